The lowest BCUT2D eigenvalue weighted by Crippen LogP contribution is -2.43. The predicted octanol–water partition coefficient (Wildman–Crippen LogP) is 1.56. The Balaban J connectivity index is 2.62. The molecule has 1 heterocycles. The normalized spacial score (nSPS) is 24.5. The summed E-state index contributed by atoms with van der Waals surface area (Å²) in [6.45, 7) is 4.91. The van der Waals surface area contributed by atoms with Crippen LogP contribution in [-0.2, 0) is 4.79 Å². The predicted molar refractivity (Wildman–Crippen MR) is 48.7 cm³/mol. The van der Waals surface area contributed by atoms with Gasteiger partial charge in [0.2, 0.25) is 0 Å². The van der Waals surface area contributed by atoms with E-state index in [1.807, 2.05) is 0 Å². The molecule has 1 rings (SSSR count). The molecule has 1 fully saturated rings. The number of carbonyl (C=O) groups excluding carboxylic acids is 1. The molecule has 0 amide bonds. The molecule has 0 aromatic carbocycles. The summed E-state index contributed by atoms with van der Waals surface area (Å²) in [6, 6.07) is 0. The summed E-state index contributed by atoms with van der Waals surface area (Å²) in [5, 5.41) is 0.168. The van der Waals surface area contributed by atoms with E-state index in [1.165, 1.54) is 0 Å². The van der Waals surface area contributed by atoms with Gasteiger partial charge in [-0.05, 0) is 0 Å². The minimum atomic E-state index is -4.41. The first kappa shape index (κ1) is 12.4. The van der Waals surface area contributed by atoms with Crippen molar-refractivity contribution in [1.29, 1.82) is 0 Å². The van der Waals surface area contributed by atoms with E-state index in [4.69, 9.17) is 0 Å². The second-order valence-corrected chi connectivity index (χ2v) is 4.75. The zero-order chi connectivity index (χ0) is 11.9. The van der Waals surface area contributed by atoms with E-state index in [1.54, 1.807) is 20.8 Å². The van der Waals surface area contributed by atoms with Crippen LogP contribution in [0, 0.1) is 11.3 Å². The number of nitrogens with one attached hydrogen (secondary N) is 1. The highest BCUT2D eigenvalue weighted by Gasteiger charge is 2.45. The highest BCUT2D eigenvalue weighted by Crippen LogP contribution is 2.27. The van der Waals surface area contributed by atoms with Crippen LogP contribution in [0.3, 0.4) is 0 Å². The molecule has 0 saturated carbocycles. The zero-order valence-electron chi connectivity index (χ0n) is 8.98. The summed E-state index contributed by atoms with van der Waals surface area (Å²) in [5.41, 5.74) is 1.60. The van der Waals surface area contributed by atoms with Crippen molar-refractivity contribution in [1.82, 2.24) is 10.4 Å². The van der Waals surface area contributed by atoms with Crippen LogP contribution in [0.25, 0.3) is 0 Å². The van der Waals surface area contributed by atoms with Crippen molar-refractivity contribution in [3.63, 3.8) is 0 Å². The van der Waals surface area contributed by atoms with Gasteiger partial charge in [-0.3, -0.25) is 4.79 Å². The molecule has 3 nitrogen and oxygen atoms in total. The topological polar surface area (TPSA) is 32.3 Å². The van der Waals surface area contributed by atoms with Crippen molar-refractivity contribution in [2.24, 2.45) is 11.3 Å². The van der Waals surface area contributed by atoms with Crippen LogP contribution in [0.1, 0.15) is 20.8 Å². The van der Waals surface area contributed by atoms with Crippen LogP contribution in [0.4, 0.5) is 13.2 Å². The molecule has 0 aliphatic carbocycles. The molecule has 1 aliphatic heterocycles. The van der Waals surface area contributed by atoms with Crippen LogP contribution >= 0.6 is 0 Å². The van der Waals surface area contributed by atoms with Gasteiger partial charge in [-0.25, -0.2) is 5.43 Å². The maximum atomic E-state index is 12.2. The summed E-state index contributed by atoms with van der Waals surface area (Å²) in [7, 11) is 0. The standard InChI is InChI=1S/C9H15F3N2O/c1-8(2,3)7(15)6-4-13-14(5-6)9(10,11)12/h6,13H,4-5H2,1-3H3. The number of hydrogen-bond acceptors (Lipinski definition) is 3. The Morgan fingerprint density at radius 2 is 1.87 bits per heavy atom. The highest BCUT2D eigenvalue weighted by atomic mass is 19.4. The third kappa shape index (κ3) is 2.92. The van der Waals surface area contributed by atoms with E-state index in [0.29, 0.717) is 0 Å². The average Bonchev–Trinajstić information content (AvgIpc) is 2.47. The van der Waals surface area contributed by atoms with Crippen LogP contribution in [0.2, 0.25) is 0 Å². The molecule has 88 valence electrons. The van der Waals surface area contributed by atoms with Crippen molar-refractivity contribution in [3.05, 3.63) is 0 Å². The van der Waals surface area contributed by atoms with Gasteiger partial charge in [0.1, 0.15) is 5.78 Å². The largest absolute Gasteiger partial charge is 0.473 e. The number of ketones is 1. The summed E-state index contributed by atoms with van der Waals surface area (Å²) in [5.74, 6) is -0.714. The number of nitrogens with zero attached hydrogens (tertiary/aromatic N) is 1. The molecule has 0 aromatic heterocycles. The molecular formula is C9H15F3N2O. The Labute approximate surface area is 86.6 Å². The van der Waals surface area contributed by atoms with Crippen molar-refractivity contribution in [2.75, 3.05) is 13.1 Å². The van der Waals surface area contributed by atoms with E-state index in [2.05, 4.69) is 5.43 Å². The third-order valence-electron chi connectivity index (χ3n) is 2.35. The molecule has 0 spiro atoms. The number of Topliss-reactive ketones (excluding diaryl/α,β-unsaturated/α-hetero) is 1. The molecular weight excluding hydrogens is 209 g/mol. The second kappa shape index (κ2) is 3.75. The number of hydrogen-bond donors (Lipinski definition) is 1. The summed E-state index contributed by atoms with van der Waals surface area (Å²) in [6.07, 6.45) is -4.41. The highest BCUT2D eigenvalue weighted by molar-refractivity contribution is 5.86. The Morgan fingerprint density at radius 1 is 1.33 bits per heavy atom. The maximum Gasteiger partial charge on any atom is 0.473 e. The van der Waals surface area contributed by atoms with Crippen molar-refractivity contribution >= 4 is 5.78 Å². The van der Waals surface area contributed by atoms with E-state index in [0.717, 1.165) is 0 Å². The first-order chi connectivity index (χ1) is 6.62. The van der Waals surface area contributed by atoms with Gasteiger partial charge in [-0.1, -0.05) is 20.8 Å². The second-order valence-electron chi connectivity index (χ2n) is 4.75. The Bertz CT molecular complexity index is 257. The van der Waals surface area contributed by atoms with Gasteiger partial charge < -0.3 is 0 Å². The first-order valence-corrected chi connectivity index (χ1v) is 4.74. The van der Waals surface area contributed by atoms with Gasteiger partial charge in [-0.2, -0.15) is 18.2 Å². The average molecular weight is 224 g/mol. The molecule has 15 heavy (non-hydrogen) atoms. The van der Waals surface area contributed by atoms with Gasteiger partial charge in [0.05, 0.1) is 0 Å². The quantitative estimate of drug-likeness (QED) is 0.686. The zero-order valence-corrected chi connectivity index (χ0v) is 8.98. The minimum absolute atomic E-state index is 0.0651. The van der Waals surface area contributed by atoms with Gasteiger partial charge >= 0.3 is 6.30 Å². The Hall–Kier alpha value is -0.620. The van der Waals surface area contributed by atoms with Crippen LogP contribution in [0.15, 0.2) is 0 Å². The van der Waals surface area contributed by atoms with Crippen molar-refractivity contribution < 1.29 is 18.0 Å². The van der Waals surface area contributed by atoms with Crippen molar-refractivity contribution in [2.45, 2.75) is 27.1 Å². The molecule has 1 aliphatic rings. The molecule has 0 radical (unpaired) electrons. The molecule has 0 aromatic rings. The smallest absolute Gasteiger partial charge is 0.299 e. The lowest BCUT2D eigenvalue weighted by molar-refractivity contribution is -0.255. The van der Waals surface area contributed by atoms with E-state index in [-0.39, 0.29) is 23.9 Å². The number of hydrazine groups is 1. The van der Waals surface area contributed by atoms with E-state index in [9.17, 15) is 18.0 Å². The van der Waals surface area contributed by atoms with Crippen molar-refractivity contribution in [3.8, 4) is 0 Å². The van der Waals surface area contributed by atoms with Crippen LogP contribution in [-0.4, -0.2) is 30.2 Å². The summed E-state index contributed by atoms with van der Waals surface area (Å²) >= 11 is 0. The third-order valence-corrected chi connectivity index (χ3v) is 2.35. The fraction of sp³-hybridized carbons (Fsp3) is 0.889. The summed E-state index contributed by atoms with van der Waals surface area (Å²) < 4.78 is 36.7. The lowest BCUT2D eigenvalue weighted by atomic mass is 9.83. The van der Waals surface area contributed by atoms with E-state index < -0.39 is 17.6 Å². The number of halogens is 3. The molecule has 1 unspecified atom stereocenters. The Kier molecular flexibility index (Phi) is 3.11. The number of alkyl halides is 3. The van der Waals surface area contributed by atoms with Crippen LogP contribution < -0.4 is 5.43 Å². The SMILES string of the molecule is CC(C)(C)C(=O)C1CNN(C(F)(F)F)C1. The van der Waals surface area contributed by atoms with Gasteiger partial charge in [-0.15, -0.1) is 0 Å². The molecule has 1 N–H and O–H groups in total. The molecule has 1 saturated heterocycles. The summed E-state index contributed by atoms with van der Waals surface area (Å²) in [4.78, 5) is 11.7. The Morgan fingerprint density at radius 3 is 2.20 bits per heavy atom. The van der Waals surface area contributed by atoms with E-state index >= 15 is 0 Å². The monoisotopic (exact) mass is 224 g/mol. The maximum absolute atomic E-state index is 12.2. The molecule has 0 bridgehead atoms. The fourth-order valence-corrected chi connectivity index (χ4v) is 1.55. The number of carbonyl (C=O) groups is 1. The van der Waals surface area contributed by atoms with Gasteiger partial charge in [0.25, 0.3) is 0 Å². The molecule has 1 atom stereocenters. The fourth-order valence-electron chi connectivity index (χ4n) is 1.55. The molecule has 6 heteroatoms. The first-order valence-electron chi connectivity index (χ1n) is 4.74. The lowest BCUT2D eigenvalue weighted by Gasteiger charge is -2.21. The van der Waals surface area contributed by atoms with Gasteiger partial charge in [0, 0.05) is 24.4 Å². The van der Waals surface area contributed by atoms with Crippen LogP contribution in [0.5, 0.6) is 0 Å². The number of rotatable bonds is 1. The van der Waals surface area contributed by atoms with Gasteiger partial charge in [0.15, 0.2) is 0 Å². The minimum Gasteiger partial charge on any atom is -0.299 e.